The van der Waals surface area contributed by atoms with E-state index >= 15 is 0 Å². The first kappa shape index (κ1) is 15.6. The summed E-state index contributed by atoms with van der Waals surface area (Å²) in [5, 5.41) is 8.23. The van der Waals surface area contributed by atoms with Crippen molar-refractivity contribution in [2.75, 3.05) is 4.90 Å². The number of anilines is 2. The maximum absolute atomic E-state index is 10.6. The number of aromatic amines is 1. The maximum atomic E-state index is 10.6. The molecule has 0 saturated heterocycles. The van der Waals surface area contributed by atoms with Crippen molar-refractivity contribution < 1.29 is 9.53 Å². The largest absolute Gasteiger partial charge is 0.465 e. The smallest absolute Gasteiger partial charge is 0.293 e. The van der Waals surface area contributed by atoms with E-state index in [1.165, 1.54) is 0 Å². The van der Waals surface area contributed by atoms with Gasteiger partial charge in [-0.05, 0) is 43.9 Å². The molecule has 1 aliphatic rings. The lowest BCUT2D eigenvalue weighted by Gasteiger charge is -2.36. The molecule has 1 N–H and O–H groups in total. The van der Waals surface area contributed by atoms with Gasteiger partial charge in [-0.25, -0.2) is 9.97 Å². The van der Waals surface area contributed by atoms with Crippen LogP contribution in [0.4, 0.5) is 11.6 Å². The summed E-state index contributed by atoms with van der Waals surface area (Å²) in [5.41, 5.74) is 2.02. The number of nitrogens with zero attached hydrogens (tertiary/aromatic N) is 4. The molecule has 1 saturated carbocycles. The number of ether oxygens (including phenoxy) is 1. The van der Waals surface area contributed by atoms with Crippen LogP contribution in [0.15, 0.2) is 42.9 Å². The van der Waals surface area contributed by atoms with Crippen molar-refractivity contribution >= 4 is 29.0 Å². The van der Waals surface area contributed by atoms with Gasteiger partial charge in [0.15, 0.2) is 0 Å². The van der Waals surface area contributed by atoms with Crippen molar-refractivity contribution in [2.24, 2.45) is 0 Å². The molecule has 0 bridgehead atoms. The number of fused-ring (bicyclic) bond motifs is 1. The summed E-state index contributed by atoms with van der Waals surface area (Å²) in [4.78, 5) is 21.7. The number of hydrogen-bond acceptors (Lipinski definition) is 6. The predicted molar refractivity (Wildman–Crippen MR) is 93.5 cm³/mol. The summed E-state index contributed by atoms with van der Waals surface area (Å²) >= 11 is 0. The van der Waals surface area contributed by atoms with E-state index in [1.54, 1.807) is 12.4 Å². The topological polar surface area (TPSA) is 84.0 Å². The fraction of sp³-hybridized carbons (Fsp3) is 0.333. The number of carbonyl (C=O) groups is 1. The minimum atomic E-state index is 0.0111. The monoisotopic (exact) mass is 337 g/mol. The second-order valence-electron chi connectivity index (χ2n) is 6.19. The average molecular weight is 337 g/mol. The Hall–Kier alpha value is -2.96. The molecule has 25 heavy (non-hydrogen) atoms. The molecule has 0 aliphatic heterocycles. The second-order valence-corrected chi connectivity index (χ2v) is 6.19. The van der Waals surface area contributed by atoms with E-state index in [4.69, 9.17) is 4.74 Å². The highest BCUT2D eigenvalue weighted by atomic mass is 16.5. The number of H-pyrrole nitrogens is 1. The summed E-state index contributed by atoms with van der Waals surface area (Å²) in [6.07, 6.45) is 8.86. The molecule has 7 nitrogen and oxygen atoms in total. The molecule has 4 rings (SSSR count). The number of aromatic nitrogens is 4. The molecule has 128 valence electrons. The number of carbonyl (C=O) groups excluding carboxylic acids is 1. The lowest BCUT2D eigenvalue weighted by Crippen LogP contribution is -2.37. The Morgan fingerprint density at radius 1 is 1.12 bits per heavy atom. The molecule has 2 aromatic heterocycles. The maximum Gasteiger partial charge on any atom is 0.293 e. The highest BCUT2D eigenvalue weighted by molar-refractivity contribution is 5.93. The third kappa shape index (κ3) is 3.05. The van der Waals surface area contributed by atoms with Gasteiger partial charge in [0.2, 0.25) is 5.95 Å². The quantitative estimate of drug-likeness (QED) is 0.721. The van der Waals surface area contributed by atoms with Crippen LogP contribution in [-0.2, 0) is 9.53 Å². The molecular weight excluding hydrogens is 318 g/mol. The molecule has 0 amide bonds. The van der Waals surface area contributed by atoms with E-state index in [0.717, 1.165) is 42.3 Å². The van der Waals surface area contributed by atoms with Crippen LogP contribution in [0.2, 0.25) is 0 Å². The van der Waals surface area contributed by atoms with Crippen molar-refractivity contribution in [1.82, 2.24) is 20.2 Å². The zero-order chi connectivity index (χ0) is 17.1. The Morgan fingerprint density at radius 3 is 2.68 bits per heavy atom. The van der Waals surface area contributed by atoms with Gasteiger partial charge in [0.25, 0.3) is 6.47 Å². The molecule has 1 aromatic carbocycles. The van der Waals surface area contributed by atoms with E-state index in [2.05, 4.69) is 31.1 Å². The Morgan fingerprint density at radius 2 is 1.92 bits per heavy atom. The van der Waals surface area contributed by atoms with Gasteiger partial charge in [-0.1, -0.05) is 6.07 Å². The van der Waals surface area contributed by atoms with E-state index < -0.39 is 0 Å². The lowest BCUT2D eigenvalue weighted by molar-refractivity contribution is -0.134. The van der Waals surface area contributed by atoms with Crippen LogP contribution in [0, 0.1) is 0 Å². The van der Waals surface area contributed by atoms with Crippen molar-refractivity contribution in [3.63, 3.8) is 0 Å². The standard InChI is InChI=1S/C18H19N5O2/c24-12-25-14-7-5-13(6-8-14)23(18-19-9-2-10-20-18)17-4-1-3-16-15(17)11-21-22-16/h1-4,9-14H,5-8H2,(H,21,22). The number of nitrogens with one attached hydrogen (secondary N) is 1. The molecule has 0 atom stereocenters. The number of rotatable bonds is 5. The molecular formula is C18H19N5O2. The van der Waals surface area contributed by atoms with E-state index in [9.17, 15) is 4.79 Å². The van der Waals surface area contributed by atoms with Gasteiger partial charge in [0.05, 0.1) is 17.4 Å². The molecule has 2 heterocycles. The van der Waals surface area contributed by atoms with Gasteiger partial charge in [-0.3, -0.25) is 9.89 Å². The van der Waals surface area contributed by atoms with Gasteiger partial charge in [-0.15, -0.1) is 0 Å². The van der Waals surface area contributed by atoms with Gasteiger partial charge < -0.3 is 9.64 Å². The zero-order valence-electron chi connectivity index (χ0n) is 13.7. The number of benzene rings is 1. The van der Waals surface area contributed by atoms with E-state index in [1.807, 2.05) is 24.4 Å². The minimum absolute atomic E-state index is 0.0111. The van der Waals surface area contributed by atoms with Gasteiger partial charge in [0, 0.05) is 23.8 Å². The van der Waals surface area contributed by atoms with Crippen LogP contribution in [-0.4, -0.2) is 38.8 Å². The minimum Gasteiger partial charge on any atom is -0.465 e. The molecule has 3 aromatic rings. The SMILES string of the molecule is O=COC1CCC(N(c2ncccn2)c2cccc3[nH]ncc23)CC1. The lowest BCUT2D eigenvalue weighted by atomic mass is 9.91. The van der Waals surface area contributed by atoms with Crippen molar-refractivity contribution in [1.29, 1.82) is 0 Å². The van der Waals surface area contributed by atoms with Crippen LogP contribution < -0.4 is 4.90 Å². The van der Waals surface area contributed by atoms with Crippen LogP contribution in [0.1, 0.15) is 25.7 Å². The summed E-state index contributed by atoms with van der Waals surface area (Å²) in [7, 11) is 0. The molecule has 1 fully saturated rings. The molecule has 0 spiro atoms. The van der Waals surface area contributed by atoms with E-state index in [0.29, 0.717) is 12.4 Å². The number of hydrogen-bond donors (Lipinski definition) is 1. The first-order chi connectivity index (χ1) is 12.4. The Labute approximate surface area is 145 Å². The summed E-state index contributed by atoms with van der Waals surface area (Å²) in [5.74, 6) is 0.677. The first-order valence-corrected chi connectivity index (χ1v) is 8.44. The molecule has 7 heteroatoms. The average Bonchev–Trinajstić information content (AvgIpc) is 3.14. The van der Waals surface area contributed by atoms with Crippen LogP contribution in [0.3, 0.4) is 0 Å². The predicted octanol–water partition coefficient (Wildman–Crippen LogP) is 2.98. The summed E-state index contributed by atoms with van der Waals surface area (Å²) in [6, 6.07) is 8.14. The molecule has 0 radical (unpaired) electrons. The van der Waals surface area contributed by atoms with Gasteiger partial charge in [-0.2, -0.15) is 5.10 Å². The molecule has 1 aliphatic carbocycles. The Kier molecular flexibility index (Phi) is 4.28. The highest BCUT2D eigenvalue weighted by Gasteiger charge is 2.30. The van der Waals surface area contributed by atoms with E-state index in [-0.39, 0.29) is 12.1 Å². The van der Waals surface area contributed by atoms with Gasteiger partial charge >= 0.3 is 0 Å². The Bertz CT molecular complexity index is 843. The van der Waals surface area contributed by atoms with Crippen molar-refractivity contribution in [3.05, 3.63) is 42.9 Å². The molecule has 0 unspecified atom stereocenters. The highest BCUT2D eigenvalue weighted by Crippen LogP contribution is 2.36. The van der Waals surface area contributed by atoms with Crippen molar-refractivity contribution in [3.8, 4) is 0 Å². The third-order valence-electron chi connectivity index (χ3n) is 4.75. The fourth-order valence-corrected chi connectivity index (χ4v) is 3.56. The Balaban J connectivity index is 1.71. The second kappa shape index (κ2) is 6.88. The van der Waals surface area contributed by atoms with Gasteiger partial charge in [0.1, 0.15) is 6.10 Å². The zero-order valence-corrected chi connectivity index (χ0v) is 13.7. The van der Waals surface area contributed by atoms with Crippen LogP contribution in [0.5, 0.6) is 0 Å². The first-order valence-electron chi connectivity index (χ1n) is 8.44. The third-order valence-corrected chi connectivity index (χ3v) is 4.75. The summed E-state index contributed by atoms with van der Waals surface area (Å²) in [6.45, 7) is 0.551. The fourth-order valence-electron chi connectivity index (χ4n) is 3.56. The van der Waals surface area contributed by atoms with Crippen LogP contribution >= 0.6 is 0 Å². The van der Waals surface area contributed by atoms with Crippen LogP contribution in [0.25, 0.3) is 10.9 Å². The van der Waals surface area contributed by atoms with Crippen molar-refractivity contribution in [2.45, 2.75) is 37.8 Å². The summed E-state index contributed by atoms with van der Waals surface area (Å²) < 4.78 is 5.13. The normalized spacial score (nSPS) is 20.3.